The number of hydrogen-bond acceptors (Lipinski definition) is 8. The van der Waals surface area contributed by atoms with Crippen molar-refractivity contribution in [3.05, 3.63) is 67.8 Å². The van der Waals surface area contributed by atoms with Gasteiger partial charge in [0.15, 0.2) is 11.5 Å². The predicted molar refractivity (Wildman–Crippen MR) is 103 cm³/mol. The smallest absolute Gasteiger partial charge is 0.318 e. The molecule has 11 heteroatoms. The molecule has 0 aliphatic heterocycles. The normalized spacial score (nSPS) is 10.6. The minimum absolute atomic E-state index is 0.0664. The molecule has 2 aromatic carbocycles. The molecule has 142 valence electrons. The summed E-state index contributed by atoms with van der Waals surface area (Å²) in [5, 5.41) is 31.1. The summed E-state index contributed by atoms with van der Waals surface area (Å²) in [6, 6.07) is 9.43. The molecule has 2 rings (SSSR count). The monoisotopic (exact) mass is 400 g/mol. The first-order chi connectivity index (χ1) is 13.3. The van der Waals surface area contributed by atoms with Crippen LogP contribution in [0.15, 0.2) is 42.0 Å². The SMILES string of the molecule is COc1cc(/C=C(\C#N)C(N)=S)ccc1Oc1ccc([N+](=O)[O-])cc1[N+](=O)[O-]. The van der Waals surface area contributed by atoms with E-state index in [1.807, 2.05) is 6.07 Å². The Kier molecular flexibility index (Phi) is 6.20. The molecule has 2 aromatic rings. The second-order valence-corrected chi connectivity index (χ2v) is 5.65. The van der Waals surface area contributed by atoms with Gasteiger partial charge in [0.2, 0.25) is 5.75 Å². The highest BCUT2D eigenvalue weighted by atomic mass is 32.1. The number of benzene rings is 2. The molecule has 0 unspecified atom stereocenters. The third kappa shape index (κ3) is 4.57. The number of nitriles is 1. The number of thiocarbonyl (C=S) groups is 1. The highest BCUT2D eigenvalue weighted by Gasteiger charge is 2.22. The van der Waals surface area contributed by atoms with Gasteiger partial charge < -0.3 is 15.2 Å². The first-order valence-electron chi connectivity index (χ1n) is 7.47. The Morgan fingerprint density at radius 2 is 1.82 bits per heavy atom. The molecule has 0 radical (unpaired) electrons. The van der Waals surface area contributed by atoms with Gasteiger partial charge in [-0.1, -0.05) is 18.3 Å². The second-order valence-electron chi connectivity index (χ2n) is 5.21. The molecule has 0 fully saturated rings. The molecule has 0 aliphatic carbocycles. The molecule has 0 spiro atoms. The van der Waals surface area contributed by atoms with E-state index in [1.165, 1.54) is 25.3 Å². The number of nitrogens with zero attached hydrogens (tertiary/aromatic N) is 3. The number of rotatable bonds is 7. The molecule has 0 saturated heterocycles. The van der Waals surface area contributed by atoms with Crippen LogP contribution in [0.5, 0.6) is 17.2 Å². The summed E-state index contributed by atoms with van der Waals surface area (Å²) >= 11 is 4.78. The van der Waals surface area contributed by atoms with Crippen molar-refractivity contribution in [3.63, 3.8) is 0 Å². The van der Waals surface area contributed by atoms with Crippen molar-refractivity contribution in [2.75, 3.05) is 7.11 Å². The van der Waals surface area contributed by atoms with E-state index in [0.717, 1.165) is 18.2 Å². The first kappa shape index (κ1) is 20.3. The number of nitro benzene ring substituents is 2. The van der Waals surface area contributed by atoms with E-state index in [4.69, 9.17) is 32.7 Å². The summed E-state index contributed by atoms with van der Waals surface area (Å²) in [6.07, 6.45) is 1.45. The van der Waals surface area contributed by atoms with E-state index in [9.17, 15) is 20.2 Å². The second kappa shape index (κ2) is 8.56. The van der Waals surface area contributed by atoms with E-state index >= 15 is 0 Å². The zero-order valence-corrected chi connectivity index (χ0v) is 15.1. The standard InChI is InChI=1S/C17H12N4O6S/c1-26-16-7-10(6-11(9-18)17(19)28)2-4-15(16)27-14-5-3-12(20(22)23)8-13(14)21(24)25/h2-8H,1H3,(H2,19,28)/b11-6+. The van der Waals surface area contributed by atoms with Crippen LogP contribution in [0, 0.1) is 31.6 Å². The third-order valence-electron chi connectivity index (χ3n) is 3.45. The van der Waals surface area contributed by atoms with Crippen molar-refractivity contribution in [1.82, 2.24) is 0 Å². The van der Waals surface area contributed by atoms with Gasteiger partial charge in [-0.3, -0.25) is 20.2 Å². The largest absolute Gasteiger partial charge is 0.493 e. The molecular weight excluding hydrogens is 388 g/mol. The maximum absolute atomic E-state index is 11.2. The van der Waals surface area contributed by atoms with E-state index in [-0.39, 0.29) is 27.8 Å². The molecule has 10 nitrogen and oxygen atoms in total. The zero-order chi connectivity index (χ0) is 20.8. The maximum atomic E-state index is 11.2. The number of non-ortho nitro benzene ring substituents is 1. The fraction of sp³-hybridized carbons (Fsp3) is 0.0588. The van der Waals surface area contributed by atoms with Gasteiger partial charge in [0.25, 0.3) is 5.69 Å². The van der Waals surface area contributed by atoms with Crippen LogP contribution in [0.4, 0.5) is 11.4 Å². The predicted octanol–water partition coefficient (Wildman–Crippen LogP) is 3.50. The van der Waals surface area contributed by atoms with Crippen LogP contribution < -0.4 is 15.2 Å². The van der Waals surface area contributed by atoms with Crippen molar-refractivity contribution >= 4 is 34.7 Å². The number of nitrogens with two attached hydrogens (primary N) is 1. The minimum Gasteiger partial charge on any atom is -0.493 e. The van der Waals surface area contributed by atoms with E-state index in [2.05, 4.69) is 0 Å². The molecular formula is C17H12N4O6S. The summed E-state index contributed by atoms with van der Waals surface area (Å²) < 4.78 is 10.8. The Bertz CT molecular complexity index is 1040. The summed E-state index contributed by atoms with van der Waals surface area (Å²) in [6.45, 7) is 0. The van der Waals surface area contributed by atoms with Crippen molar-refractivity contribution in [2.24, 2.45) is 5.73 Å². The molecule has 0 aliphatic rings. The fourth-order valence-electron chi connectivity index (χ4n) is 2.15. The lowest BCUT2D eigenvalue weighted by Crippen LogP contribution is -2.09. The van der Waals surface area contributed by atoms with Gasteiger partial charge in [0.1, 0.15) is 11.1 Å². The number of hydrogen-bond donors (Lipinski definition) is 1. The van der Waals surface area contributed by atoms with Crippen LogP contribution in [0.1, 0.15) is 5.56 Å². The highest BCUT2D eigenvalue weighted by Crippen LogP contribution is 2.38. The van der Waals surface area contributed by atoms with Crippen molar-refractivity contribution < 1.29 is 19.3 Å². The molecule has 2 N–H and O–H groups in total. The van der Waals surface area contributed by atoms with Crippen LogP contribution in [0.2, 0.25) is 0 Å². The lowest BCUT2D eigenvalue weighted by Gasteiger charge is -2.11. The van der Waals surface area contributed by atoms with Gasteiger partial charge in [0.05, 0.1) is 28.6 Å². The molecule has 0 atom stereocenters. The van der Waals surface area contributed by atoms with Gasteiger partial charge in [-0.05, 0) is 29.8 Å². The molecule has 0 aromatic heterocycles. The molecule has 28 heavy (non-hydrogen) atoms. The average Bonchev–Trinajstić information content (AvgIpc) is 2.66. The first-order valence-corrected chi connectivity index (χ1v) is 7.88. The van der Waals surface area contributed by atoms with Crippen LogP contribution in [0.3, 0.4) is 0 Å². The average molecular weight is 400 g/mol. The Labute approximate surface area is 163 Å². The van der Waals surface area contributed by atoms with Crippen LogP contribution >= 0.6 is 12.2 Å². The Morgan fingerprint density at radius 1 is 1.14 bits per heavy atom. The molecule has 0 heterocycles. The van der Waals surface area contributed by atoms with Gasteiger partial charge in [-0.2, -0.15) is 5.26 Å². The lowest BCUT2D eigenvalue weighted by molar-refractivity contribution is -0.394. The fourth-order valence-corrected chi connectivity index (χ4v) is 2.25. The van der Waals surface area contributed by atoms with Gasteiger partial charge in [-0.25, -0.2) is 0 Å². The number of nitro groups is 2. The Balaban J connectivity index is 2.45. The lowest BCUT2D eigenvalue weighted by atomic mass is 10.1. The molecule has 0 saturated carbocycles. The maximum Gasteiger partial charge on any atom is 0.318 e. The van der Waals surface area contributed by atoms with Gasteiger partial charge in [-0.15, -0.1) is 0 Å². The summed E-state index contributed by atoms with van der Waals surface area (Å²) in [7, 11) is 1.36. The highest BCUT2D eigenvalue weighted by molar-refractivity contribution is 7.80. The van der Waals surface area contributed by atoms with E-state index < -0.39 is 21.2 Å². The Hall–Kier alpha value is -4.04. The van der Waals surface area contributed by atoms with Gasteiger partial charge in [0, 0.05) is 6.07 Å². The zero-order valence-electron chi connectivity index (χ0n) is 14.3. The topological polar surface area (TPSA) is 155 Å². The summed E-state index contributed by atoms with van der Waals surface area (Å²) in [5.74, 6) is 0.144. The summed E-state index contributed by atoms with van der Waals surface area (Å²) in [4.78, 5) is 20.4. The number of ether oxygens (including phenoxy) is 2. The number of methoxy groups -OCH3 is 1. The molecule has 0 amide bonds. The van der Waals surface area contributed by atoms with Crippen molar-refractivity contribution in [1.29, 1.82) is 5.26 Å². The molecule has 0 bridgehead atoms. The van der Waals surface area contributed by atoms with Crippen LogP contribution in [-0.4, -0.2) is 21.9 Å². The van der Waals surface area contributed by atoms with Crippen LogP contribution in [-0.2, 0) is 0 Å². The minimum atomic E-state index is -0.784. The third-order valence-corrected chi connectivity index (χ3v) is 3.67. The van der Waals surface area contributed by atoms with Gasteiger partial charge >= 0.3 is 5.69 Å². The van der Waals surface area contributed by atoms with E-state index in [1.54, 1.807) is 6.07 Å². The van der Waals surface area contributed by atoms with Crippen LogP contribution in [0.25, 0.3) is 6.08 Å². The van der Waals surface area contributed by atoms with Crippen molar-refractivity contribution in [2.45, 2.75) is 0 Å². The van der Waals surface area contributed by atoms with Crippen molar-refractivity contribution in [3.8, 4) is 23.3 Å². The summed E-state index contributed by atoms with van der Waals surface area (Å²) in [5.41, 5.74) is 5.07. The quantitative estimate of drug-likeness (QED) is 0.242. The Morgan fingerprint density at radius 3 is 2.36 bits per heavy atom. The van der Waals surface area contributed by atoms with E-state index in [0.29, 0.717) is 5.56 Å².